The van der Waals surface area contributed by atoms with Crippen molar-refractivity contribution in [3.8, 4) is 0 Å². The Kier molecular flexibility index (Phi) is 3.17. The van der Waals surface area contributed by atoms with Gasteiger partial charge in [-0.3, -0.25) is 14.9 Å². The molecular formula is C9H13NO3. The maximum Gasteiger partial charge on any atom is 0.239 e. The number of carbonyl (C=O) groups is 1. The summed E-state index contributed by atoms with van der Waals surface area (Å²) in [7, 11) is 0. The number of carbonyl (C=O) groups excluding carboxylic acids is 1. The van der Waals surface area contributed by atoms with Gasteiger partial charge in [0.05, 0.1) is 4.92 Å². The molecule has 1 aliphatic carbocycles. The van der Waals surface area contributed by atoms with E-state index in [9.17, 15) is 14.9 Å². The third-order valence-electron chi connectivity index (χ3n) is 2.42. The van der Waals surface area contributed by atoms with E-state index in [-0.39, 0.29) is 23.8 Å². The lowest BCUT2D eigenvalue weighted by Crippen LogP contribution is -2.20. The van der Waals surface area contributed by atoms with Crippen molar-refractivity contribution in [3.63, 3.8) is 0 Å². The SMILES string of the molecule is C=C(CC1CCCCC1=O)[N+](=O)[O-]. The Morgan fingerprint density at radius 3 is 2.85 bits per heavy atom. The van der Waals surface area contributed by atoms with E-state index in [1.54, 1.807) is 0 Å². The molecule has 0 radical (unpaired) electrons. The Morgan fingerprint density at radius 2 is 2.31 bits per heavy atom. The van der Waals surface area contributed by atoms with Crippen molar-refractivity contribution in [3.05, 3.63) is 22.4 Å². The average Bonchev–Trinajstić information content (AvgIpc) is 2.08. The molecule has 0 saturated heterocycles. The molecular weight excluding hydrogens is 170 g/mol. The van der Waals surface area contributed by atoms with Crippen molar-refractivity contribution in [2.45, 2.75) is 32.1 Å². The Hall–Kier alpha value is -1.19. The highest BCUT2D eigenvalue weighted by atomic mass is 16.6. The largest absolute Gasteiger partial charge is 0.299 e. The zero-order valence-corrected chi connectivity index (χ0v) is 7.49. The summed E-state index contributed by atoms with van der Waals surface area (Å²) in [6.45, 7) is 3.33. The molecule has 4 nitrogen and oxygen atoms in total. The number of nitro groups is 1. The number of hydrogen-bond donors (Lipinski definition) is 0. The van der Waals surface area contributed by atoms with Gasteiger partial charge in [0, 0.05) is 18.8 Å². The van der Waals surface area contributed by atoms with Gasteiger partial charge in [-0.15, -0.1) is 0 Å². The van der Waals surface area contributed by atoms with Gasteiger partial charge in [-0.05, 0) is 19.4 Å². The third kappa shape index (κ3) is 2.65. The Bertz CT molecular complexity index is 247. The lowest BCUT2D eigenvalue weighted by molar-refractivity contribution is -0.428. The van der Waals surface area contributed by atoms with E-state index >= 15 is 0 Å². The molecule has 0 aromatic carbocycles. The van der Waals surface area contributed by atoms with Crippen molar-refractivity contribution in [1.82, 2.24) is 0 Å². The van der Waals surface area contributed by atoms with E-state index < -0.39 is 4.92 Å². The summed E-state index contributed by atoms with van der Waals surface area (Å²) in [5.74, 6) is 0.0147. The molecule has 1 unspecified atom stereocenters. The molecule has 0 heterocycles. The van der Waals surface area contributed by atoms with Crippen LogP contribution in [0.1, 0.15) is 32.1 Å². The normalized spacial score (nSPS) is 22.8. The van der Waals surface area contributed by atoms with Crippen LogP contribution in [0, 0.1) is 16.0 Å². The lowest BCUT2D eigenvalue weighted by atomic mass is 9.85. The summed E-state index contributed by atoms with van der Waals surface area (Å²) in [6.07, 6.45) is 3.52. The van der Waals surface area contributed by atoms with E-state index in [1.807, 2.05) is 0 Å². The van der Waals surface area contributed by atoms with Gasteiger partial charge in [0.1, 0.15) is 5.78 Å². The van der Waals surface area contributed by atoms with Crippen molar-refractivity contribution in [2.75, 3.05) is 0 Å². The van der Waals surface area contributed by atoms with Crippen LogP contribution in [0.3, 0.4) is 0 Å². The molecule has 1 atom stereocenters. The molecule has 4 heteroatoms. The fourth-order valence-electron chi connectivity index (χ4n) is 1.63. The van der Waals surface area contributed by atoms with Gasteiger partial charge >= 0.3 is 0 Å². The fraction of sp³-hybridized carbons (Fsp3) is 0.667. The molecule has 72 valence electrons. The first-order valence-electron chi connectivity index (χ1n) is 4.46. The fourth-order valence-corrected chi connectivity index (χ4v) is 1.63. The number of Topliss-reactive ketones (excluding diaryl/α,β-unsaturated/α-hetero) is 1. The standard InChI is InChI=1S/C9H13NO3/c1-7(10(12)13)6-8-4-2-3-5-9(8)11/h8H,1-6H2. The van der Waals surface area contributed by atoms with Gasteiger partial charge in [0.25, 0.3) is 0 Å². The van der Waals surface area contributed by atoms with Crippen molar-refractivity contribution in [2.24, 2.45) is 5.92 Å². The molecule has 0 bridgehead atoms. The molecule has 1 rings (SSSR count). The quantitative estimate of drug-likeness (QED) is 0.496. The molecule has 0 aromatic heterocycles. The van der Waals surface area contributed by atoms with E-state index in [4.69, 9.17) is 0 Å². The van der Waals surface area contributed by atoms with E-state index in [2.05, 4.69) is 6.58 Å². The first-order valence-corrected chi connectivity index (χ1v) is 4.46. The van der Waals surface area contributed by atoms with Crippen LogP contribution in [-0.2, 0) is 4.79 Å². The van der Waals surface area contributed by atoms with Gasteiger partial charge in [0.2, 0.25) is 5.70 Å². The van der Waals surface area contributed by atoms with Crippen LogP contribution in [0.4, 0.5) is 0 Å². The van der Waals surface area contributed by atoms with Crippen molar-refractivity contribution >= 4 is 5.78 Å². The maximum absolute atomic E-state index is 11.3. The predicted octanol–water partition coefficient (Wildman–Crippen LogP) is 1.93. The van der Waals surface area contributed by atoms with E-state index in [1.165, 1.54) is 0 Å². The number of hydrogen-bond acceptors (Lipinski definition) is 3. The Morgan fingerprint density at radius 1 is 1.62 bits per heavy atom. The molecule has 0 N–H and O–H groups in total. The number of nitrogens with zero attached hydrogens (tertiary/aromatic N) is 1. The van der Waals surface area contributed by atoms with Crippen LogP contribution >= 0.6 is 0 Å². The van der Waals surface area contributed by atoms with Crippen LogP contribution in [0.2, 0.25) is 0 Å². The predicted molar refractivity (Wildman–Crippen MR) is 47.7 cm³/mol. The summed E-state index contributed by atoms with van der Waals surface area (Å²) >= 11 is 0. The molecule has 13 heavy (non-hydrogen) atoms. The number of ketones is 1. The summed E-state index contributed by atoms with van der Waals surface area (Å²) in [4.78, 5) is 21.1. The minimum absolute atomic E-state index is 0.0414. The highest BCUT2D eigenvalue weighted by Gasteiger charge is 2.25. The first kappa shape index (κ1) is 9.89. The van der Waals surface area contributed by atoms with Crippen molar-refractivity contribution < 1.29 is 9.72 Å². The van der Waals surface area contributed by atoms with E-state index in [0.29, 0.717) is 6.42 Å². The van der Waals surface area contributed by atoms with E-state index in [0.717, 1.165) is 19.3 Å². The zero-order chi connectivity index (χ0) is 9.84. The summed E-state index contributed by atoms with van der Waals surface area (Å²) in [5, 5.41) is 10.3. The van der Waals surface area contributed by atoms with Crippen LogP contribution in [-0.4, -0.2) is 10.7 Å². The number of allylic oxidation sites excluding steroid dienone is 1. The van der Waals surface area contributed by atoms with Gasteiger partial charge in [-0.1, -0.05) is 6.42 Å². The van der Waals surface area contributed by atoms with Gasteiger partial charge in [0.15, 0.2) is 0 Å². The Balaban J connectivity index is 2.47. The first-order chi connectivity index (χ1) is 6.11. The third-order valence-corrected chi connectivity index (χ3v) is 2.42. The smallest absolute Gasteiger partial charge is 0.239 e. The Labute approximate surface area is 76.8 Å². The summed E-state index contributed by atoms with van der Waals surface area (Å²) in [6, 6.07) is 0. The minimum Gasteiger partial charge on any atom is -0.299 e. The molecule has 1 aliphatic rings. The van der Waals surface area contributed by atoms with Crippen LogP contribution in [0.15, 0.2) is 12.3 Å². The zero-order valence-electron chi connectivity index (χ0n) is 7.49. The second-order valence-electron chi connectivity index (χ2n) is 3.44. The molecule has 0 amide bonds. The molecule has 0 aromatic rings. The van der Waals surface area contributed by atoms with Crippen LogP contribution in [0.25, 0.3) is 0 Å². The van der Waals surface area contributed by atoms with Gasteiger partial charge < -0.3 is 0 Å². The summed E-state index contributed by atoms with van der Waals surface area (Å²) < 4.78 is 0. The molecule has 1 saturated carbocycles. The highest BCUT2D eigenvalue weighted by Crippen LogP contribution is 2.25. The monoisotopic (exact) mass is 183 g/mol. The highest BCUT2D eigenvalue weighted by molar-refractivity contribution is 5.81. The molecule has 1 fully saturated rings. The molecule has 0 aliphatic heterocycles. The summed E-state index contributed by atoms with van der Waals surface area (Å²) in [5.41, 5.74) is -0.0414. The number of rotatable bonds is 3. The van der Waals surface area contributed by atoms with Crippen LogP contribution < -0.4 is 0 Å². The lowest BCUT2D eigenvalue weighted by Gasteiger charge is -2.18. The topological polar surface area (TPSA) is 60.2 Å². The van der Waals surface area contributed by atoms with Crippen LogP contribution in [0.5, 0.6) is 0 Å². The second kappa shape index (κ2) is 4.16. The molecule has 0 spiro atoms. The average molecular weight is 183 g/mol. The van der Waals surface area contributed by atoms with Gasteiger partial charge in [-0.25, -0.2) is 0 Å². The second-order valence-corrected chi connectivity index (χ2v) is 3.44. The minimum atomic E-state index is -0.498. The maximum atomic E-state index is 11.3. The van der Waals surface area contributed by atoms with Crippen molar-refractivity contribution in [1.29, 1.82) is 0 Å². The van der Waals surface area contributed by atoms with Gasteiger partial charge in [-0.2, -0.15) is 0 Å².